The lowest BCUT2D eigenvalue weighted by atomic mass is 10.1. The molecule has 120 heavy (non-hydrogen) atoms. The number of anilines is 14. The molecular weight excluding hydrogens is 1520 g/mol. The van der Waals surface area contributed by atoms with Crippen LogP contribution in [0.4, 0.5) is 109 Å². The van der Waals surface area contributed by atoms with Crippen molar-refractivity contribution in [1.82, 2.24) is 54.7 Å². The number of aliphatic hydroxyl groups excluding tert-OH is 2. The second-order valence-corrected chi connectivity index (χ2v) is 30.4. The number of rotatable bonds is 23. The van der Waals surface area contributed by atoms with Crippen molar-refractivity contribution >= 4 is 142 Å². The second kappa shape index (κ2) is 38.4. The van der Waals surface area contributed by atoms with Crippen molar-refractivity contribution < 1.29 is 14.9 Å². The van der Waals surface area contributed by atoms with Gasteiger partial charge in [-0.15, -0.1) is 0 Å². The van der Waals surface area contributed by atoms with Gasteiger partial charge in [0.2, 0.25) is 0 Å². The molecule has 15 rings (SSSR count). The first-order valence-corrected chi connectivity index (χ1v) is 40.1. The molecule has 0 radical (unpaired) electrons. The molecule has 5 aliphatic heterocycles. The molecule has 10 heterocycles. The minimum absolute atomic E-state index is 0.0606. The van der Waals surface area contributed by atoms with Gasteiger partial charge in [-0.05, 0) is 170 Å². The van der Waals surface area contributed by atoms with E-state index in [1.807, 2.05) is 120 Å². The number of nitrogens with one attached hydrogen (secondary N) is 7. The molecule has 5 aliphatic rings. The smallest absolute Gasteiger partial charge is 0.279 e. The van der Waals surface area contributed by atoms with Gasteiger partial charge in [0.25, 0.3) is 27.8 Å². The Morgan fingerprint density at radius 3 is 1.12 bits per heavy atom. The van der Waals surface area contributed by atoms with Gasteiger partial charge in [-0.25, -0.2) is 49.9 Å². The van der Waals surface area contributed by atoms with E-state index >= 15 is 0 Å². The summed E-state index contributed by atoms with van der Waals surface area (Å²) in [6, 6.07) is 21.9. The van der Waals surface area contributed by atoms with Crippen LogP contribution in [0.2, 0.25) is 0 Å². The lowest BCUT2D eigenvalue weighted by Gasteiger charge is -2.30. The predicted molar refractivity (Wildman–Crippen MR) is 480 cm³/mol. The quantitative estimate of drug-likeness (QED) is 0.0358. The highest BCUT2D eigenvalue weighted by Gasteiger charge is 2.30. The van der Waals surface area contributed by atoms with Crippen molar-refractivity contribution in [3.63, 3.8) is 0 Å². The number of aliphatic hydroxyl groups is 2. The fraction of sp³-hybridized carbons (Fsp3) is 0.368. The summed E-state index contributed by atoms with van der Waals surface area (Å²) in [7, 11) is 16.1. The molecule has 0 bridgehead atoms. The number of fused-ring (bicyclic) bond motifs is 10. The van der Waals surface area contributed by atoms with Crippen molar-refractivity contribution in [2.24, 2.45) is 25.0 Å². The average Bonchev–Trinajstić information content (AvgIpc) is 0.628. The number of hydrogen-bond donors (Lipinski definition) is 9. The lowest BCUT2D eigenvalue weighted by molar-refractivity contribution is 0.283. The molecular formula is C87H109N25O8. The van der Waals surface area contributed by atoms with Crippen LogP contribution < -0.4 is 132 Å². The standard InChI is InChI=1S/C20H28N6O.C19H25N5O2.C18H23N5O.C17H21N5O2.C13H12N4O2/c1-6-7-9-26-17-12-15(21-8-10-25(4)5)13(2)11-16(17)24-18-19(26)22-14(3)23-20(18)27;1-12-10-14-16(11-15(12)23(3)4)24(8-6-5-7-9-25)18-17(22-14)19(26)21-13(2)20-18;1-6-7-8-23-15-10-14(22(4)5)11(2)9-13(15)21-16-17(23)19-12(3)20-18(16)24;1-10-8-12-14(9-13(10)21(3)4)22(6-5-7-23)16-15(20-12)17(24)19-11(2)18-16;1-3-19-8-4-5-9-10(6-8)17-12-11(16-9)13(18)15-7(2)14-12/h11-12,21H,3,6-10H2,1-2,4-5H3,(H,23,27);10-11,25H,2,5-9H2,1,3-4H3,(H,21,26);9-10H,3,6-8H2,1-2,4-5H3,(H,20,24);8-9,23H,2,5-7H2,1,3-4H3,(H,19,24);4-6H,2-3H2,1H3,(H,14,17)(H,15,18). The molecule has 10 aromatic rings. The SMILES string of the molecule is C=c1nc2c(c(=O)[nH]1)=Nc1cc(C)c(N(C)C)cc1N2CCCC.C=c1nc2c(c(=O)[nH]1)=Nc1cc(C)c(N(C)C)cc1N2CCCCCO.C=c1nc2c(c(=O)[nH]1)=Nc1cc(C)c(N(C)C)cc1N2CCCO.C=c1nc2c(c(=O)[nH]1)=Nc1cc(C)c(NCCN(C)C)cc1N2CCCC.C=c1nc2c(c(=O)[nH]1)=Nc1ccc(OCC)cc1N2. The fourth-order valence-corrected chi connectivity index (χ4v) is 14.3. The van der Waals surface area contributed by atoms with Gasteiger partial charge in [0.15, 0.2) is 55.9 Å². The highest BCUT2D eigenvalue weighted by atomic mass is 16.5. The molecule has 0 spiro atoms. The molecule has 0 aliphatic carbocycles. The van der Waals surface area contributed by atoms with Gasteiger partial charge < -0.3 is 89.7 Å². The molecule has 0 atom stereocenters. The molecule has 0 amide bonds. The van der Waals surface area contributed by atoms with Gasteiger partial charge in [0, 0.05) is 124 Å². The molecule has 0 unspecified atom stereocenters. The number of benzene rings is 5. The number of H-pyrrole nitrogens is 5. The van der Waals surface area contributed by atoms with Gasteiger partial charge in [0.05, 0.1) is 63.5 Å². The molecule has 0 saturated carbocycles. The Labute approximate surface area is 693 Å². The molecule has 33 heteroatoms. The first-order valence-electron chi connectivity index (χ1n) is 40.1. The van der Waals surface area contributed by atoms with Crippen molar-refractivity contribution in [1.29, 1.82) is 0 Å². The topological polar surface area (TPSA) is 390 Å². The number of aromatic nitrogens is 10. The molecule has 0 saturated heterocycles. The number of aromatic amines is 5. The Hall–Kier alpha value is -13.3. The minimum atomic E-state index is -0.306. The Kier molecular flexibility index (Phi) is 28.0. The van der Waals surface area contributed by atoms with E-state index in [1.54, 1.807) is 6.07 Å². The summed E-state index contributed by atoms with van der Waals surface area (Å²) < 4.78 is 5.43. The van der Waals surface area contributed by atoms with Crippen LogP contribution in [-0.4, -0.2) is 180 Å². The highest BCUT2D eigenvalue weighted by Crippen LogP contribution is 2.44. The Morgan fingerprint density at radius 2 is 0.758 bits per heavy atom. The number of hydrogen-bond acceptors (Lipinski definition) is 28. The maximum atomic E-state index is 12.4. The van der Waals surface area contributed by atoms with Crippen molar-refractivity contribution in [2.75, 3.05) is 160 Å². The first-order chi connectivity index (χ1) is 57.3. The van der Waals surface area contributed by atoms with Crippen molar-refractivity contribution in [3.05, 3.63) is 195 Å². The molecule has 5 aromatic heterocycles. The normalized spacial score (nSPS) is 12.3. The number of ether oxygens (including phenoxy) is 1. The number of likely N-dealkylation sites (N-methyl/N-ethyl adjacent to an activating group) is 1. The molecule has 630 valence electrons. The Morgan fingerprint density at radius 1 is 0.408 bits per heavy atom. The van der Waals surface area contributed by atoms with E-state index in [4.69, 9.17) is 9.84 Å². The largest absolute Gasteiger partial charge is 0.494 e. The van der Waals surface area contributed by atoms with Gasteiger partial charge in [-0.2, -0.15) is 0 Å². The molecule has 33 nitrogen and oxygen atoms in total. The summed E-state index contributed by atoms with van der Waals surface area (Å²) in [5.41, 5.74) is 17.4. The van der Waals surface area contributed by atoms with Gasteiger partial charge >= 0.3 is 0 Å². The maximum absolute atomic E-state index is 12.4. The van der Waals surface area contributed by atoms with E-state index in [0.717, 1.165) is 173 Å². The van der Waals surface area contributed by atoms with Crippen molar-refractivity contribution in [3.8, 4) is 5.75 Å². The van der Waals surface area contributed by atoms with Gasteiger partial charge in [0.1, 0.15) is 33.1 Å². The van der Waals surface area contributed by atoms with Crippen LogP contribution in [-0.2, 0) is 0 Å². The van der Waals surface area contributed by atoms with Crippen LogP contribution in [0, 0.1) is 27.7 Å². The van der Waals surface area contributed by atoms with Crippen LogP contribution in [0.1, 0.15) is 94.4 Å². The second-order valence-electron chi connectivity index (χ2n) is 30.4. The summed E-state index contributed by atoms with van der Waals surface area (Å²) in [6.45, 7) is 38.5. The highest BCUT2D eigenvalue weighted by molar-refractivity contribution is 5.85. The average molecular weight is 1630 g/mol. The van der Waals surface area contributed by atoms with E-state index in [9.17, 15) is 29.1 Å². The van der Waals surface area contributed by atoms with Crippen molar-refractivity contribution in [2.45, 2.75) is 99.8 Å². The molecule has 0 fully saturated rings. The van der Waals surface area contributed by atoms with E-state index in [-0.39, 0.29) is 51.7 Å². The molecule has 9 N–H and O–H groups in total. The zero-order valence-electron chi connectivity index (χ0n) is 71.3. The van der Waals surface area contributed by atoms with Gasteiger partial charge in [-0.3, -0.25) is 24.0 Å². The molecule has 5 aromatic carbocycles. The first kappa shape index (κ1) is 87.6. The number of aryl methyl sites for hydroxylation is 4. The summed E-state index contributed by atoms with van der Waals surface area (Å²) in [5, 5.41) is 26.4. The third-order valence-electron chi connectivity index (χ3n) is 20.1. The Balaban J connectivity index is 0.000000147. The summed E-state index contributed by atoms with van der Waals surface area (Å²) in [5.74, 6) is 3.37. The van der Waals surface area contributed by atoms with E-state index in [0.29, 0.717) is 104 Å². The maximum Gasteiger partial charge on any atom is 0.279 e. The van der Waals surface area contributed by atoms with Crippen LogP contribution in [0.15, 0.2) is 116 Å². The summed E-state index contributed by atoms with van der Waals surface area (Å²) in [4.78, 5) is 135. The third-order valence-corrected chi connectivity index (χ3v) is 20.1. The lowest BCUT2D eigenvalue weighted by Crippen LogP contribution is -2.42. The van der Waals surface area contributed by atoms with E-state index in [1.165, 1.54) is 0 Å². The minimum Gasteiger partial charge on any atom is -0.494 e. The van der Waals surface area contributed by atoms with E-state index < -0.39 is 0 Å². The summed E-state index contributed by atoms with van der Waals surface area (Å²) >= 11 is 0. The van der Waals surface area contributed by atoms with Gasteiger partial charge in [-0.1, -0.05) is 59.6 Å². The zero-order chi connectivity index (χ0) is 86.7. The van der Waals surface area contributed by atoms with E-state index in [2.05, 4.69) is 203 Å². The fourth-order valence-electron chi connectivity index (χ4n) is 14.3. The number of nitrogens with zero attached hydrogens (tertiary/aromatic N) is 18. The third kappa shape index (κ3) is 19.8. The monoisotopic (exact) mass is 1630 g/mol. The summed E-state index contributed by atoms with van der Waals surface area (Å²) in [6.07, 6.45) is 7.22. The zero-order valence-corrected chi connectivity index (χ0v) is 71.3. The van der Waals surface area contributed by atoms with Crippen LogP contribution >= 0.6 is 0 Å². The predicted octanol–water partition coefficient (Wildman–Crippen LogP) is 5.47. The van der Waals surface area contributed by atoms with Crippen LogP contribution in [0.25, 0.3) is 32.9 Å². The van der Waals surface area contributed by atoms with Crippen LogP contribution in [0.5, 0.6) is 5.75 Å². The van der Waals surface area contributed by atoms with Crippen LogP contribution in [0.3, 0.4) is 0 Å². The Bertz CT molecular complexity index is 6330. The number of unbranched alkanes of at least 4 members (excludes halogenated alkanes) is 4.